The molecule has 8 heteroatoms. The van der Waals surface area contributed by atoms with Crippen LogP contribution in [0.15, 0.2) is 91.3 Å². The molecular formula is C26H26FN7. The largest absolute Gasteiger partial charge is 0.393 e. The topological polar surface area (TPSA) is 73.5 Å². The maximum absolute atomic E-state index is 13.3. The number of hydrogen-bond acceptors (Lipinski definition) is 7. The van der Waals surface area contributed by atoms with E-state index < -0.39 is 0 Å². The van der Waals surface area contributed by atoms with E-state index in [4.69, 9.17) is 5.73 Å². The van der Waals surface area contributed by atoms with Crippen molar-refractivity contribution in [2.24, 2.45) is 0 Å². The van der Waals surface area contributed by atoms with Gasteiger partial charge in [0.1, 0.15) is 17.8 Å². The normalized spacial score (nSPS) is 13.6. The number of nitrogens with two attached hydrogens (primary N) is 1. The van der Waals surface area contributed by atoms with Crippen LogP contribution in [0.1, 0.15) is 0 Å². The summed E-state index contributed by atoms with van der Waals surface area (Å²) >= 11 is 0. The summed E-state index contributed by atoms with van der Waals surface area (Å²) in [5.74, 6) is 1.02. The van der Waals surface area contributed by atoms with Crippen molar-refractivity contribution in [3.05, 3.63) is 97.1 Å². The molecule has 0 radical (unpaired) electrons. The SMILES string of the molecule is Nc1c(NN(c2ccccc2)c2ccccc2)ncnc1N1CCN(c2ccc(F)cc2)CC1. The van der Waals surface area contributed by atoms with Crippen molar-refractivity contribution in [2.45, 2.75) is 0 Å². The number of piperazine rings is 1. The third-order valence-electron chi connectivity index (χ3n) is 5.88. The van der Waals surface area contributed by atoms with Crippen molar-refractivity contribution in [1.29, 1.82) is 0 Å². The van der Waals surface area contributed by atoms with Gasteiger partial charge in [0.2, 0.25) is 0 Å². The van der Waals surface area contributed by atoms with E-state index in [0.717, 1.165) is 43.2 Å². The Kier molecular flexibility index (Phi) is 6.11. The summed E-state index contributed by atoms with van der Waals surface area (Å²) in [5, 5.41) is 1.95. The van der Waals surface area contributed by atoms with Crippen molar-refractivity contribution in [1.82, 2.24) is 9.97 Å². The van der Waals surface area contributed by atoms with Gasteiger partial charge in [-0.2, -0.15) is 0 Å². The summed E-state index contributed by atoms with van der Waals surface area (Å²) in [6.45, 7) is 3.08. The van der Waals surface area contributed by atoms with Crippen LogP contribution >= 0.6 is 0 Å². The molecule has 2 heterocycles. The molecule has 1 fully saturated rings. The molecule has 3 aromatic carbocycles. The molecule has 0 unspecified atom stereocenters. The molecule has 1 saturated heterocycles. The smallest absolute Gasteiger partial charge is 0.173 e. The zero-order valence-electron chi connectivity index (χ0n) is 18.7. The lowest BCUT2D eigenvalue weighted by Gasteiger charge is -2.37. The lowest BCUT2D eigenvalue weighted by molar-refractivity contribution is 0.624. The Morgan fingerprint density at radius 2 is 1.29 bits per heavy atom. The van der Waals surface area contributed by atoms with E-state index in [1.54, 1.807) is 0 Å². The summed E-state index contributed by atoms with van der Waals surface area (Å²) in [4.78, 5) is 13.3. The minimum absolute atomic E-state index is 0.226. The maximum Gasteiger partial charge on any atom is 0.173 e. The second-order valence-corrected chi connectivity index (χ2v) is 8.03. The monoisotopic (exact) mass is 455 g/mol. The number of hydrogen-bond donors (Lipinski definition) is 2. The van der Waals surface area contributed by atoms with Gasteiger partial charge in [-0.3, -0.25) is 10.4 Å². The highest BCUT2D eigenvalue weighted by Crippen LogP contribution is 2.31. The molecule has 5 rings (SSSR count). The number of aromatic nitrogens is 2. The molecule has 0 spiro atoms. The lowest BCUT2D eigenvalue weighted by atomic mass is 10.2. The first-order chi connectivity index (χ1) is 16.7. The highest BCUT2D eigenvalue weighted by molar-refractivity contribution is 5.78. The number of para-hydroxylation sites is 2. The number of hydrazine groups is 1. The van der Waals surface area contributed by atoms with Crippen molar-refractivity contribution in [2.75, 3.05) is 52.1 Å². The zero-order chi connectivity index (χ0) is 23.3. The summed E-state index contributed by atoms with van der Waals surface area (Å²) < 4.78 is 13.3. The fourth-order valence-electron chi connectivity index (χ4n) is 4.09. The van der Waals surface area contributed by atoms with Crippen LogP contribution in [0.2, 0.25) is 0 Å². The third-order valence-corrected chi connectivity index (χ3v) is 5.88. The highest BCUT2D eigenvalue weighted by atomic mass is 19.1. The third kappa shape index (κ3) is 4.56. The van der Waals surface area contributed by atoms with Crippen LogP contribution in [0.25, 0.3) is 0 Å². The van der Waals surface area contributed by atoms with Crippen LogP contribution in [0.5, 0.6) is 0 Å². The second-order valence-electron chi connectivity index (χ2n) is 8.03. The molecule has 0 amide bonds. The predicted octanol–water partition coefficient (Wildman–Crippen LogP) is 4.69. The van der Waals surface area contributed by atoms with Crippen molar-refractivity contribution in [3.8, 4) is 0 Å². The van der Waals surface area contributed by atoms with E-state index >= 15 is 0 Å². The van der Waals surface area contributed by atoms with E-state index in [1.165, 1.54) is 18.5 Å². The fraction of sp³-hybridized carbons (Fsp3) is 0.154. The number of nitrogen functional groups attached to an aromatic ring is 1. The van der Waals surface area contributed by atoms with E-state index in [0.29, 0.717) is 17.3 Å². The van der Waals surface area contributed by atoms with Crippen LogP contribution in [0.4, 0.5) is 38.8 Å². The maximum atomic E-state index is 13.3. The number of anilines is 6. The van der Waals surface area contributed by atoms with Crippen LogP contribution < -0.4 is 26.0 Å². The minimum atomic E-state index is -0.226. The van der Waals surface area contributed by atoms with Gasteiger partial charge >= 0.3 is 0 Å². The summed E-state index contributed by atoms with van der Waals surface area (Å²) in [6, 6.07) is 26.6. The van der Waals surface area contributed by atoms with Crippen LogP contribution in [-0.2, 0) is 0 Å². The van der Waals surface area contributed by atoms with E-state index in [2.05, 4.69) is 25.2 Å². The van der Waals surface area contributed by atoms with E-state index in [1.807, 2.05) is 77.8 Å². The van der Waals surface area contributed by atoms with Crippen molar-refractivity contribution < 1.29 is 4.39 Å². The number of halogens is 1. The Morgan fingerprint density at radius 1 is 0.735 bits per heavy atom. The minimum Gasteiger partial charge on any atom is -0.393 e. The first-order valence-corrected chi connectivity index (χ1v) is 11.2. The summed E-state index contributed by atoms with van der Waals surface area (Å²) in [7, 11) is 0. The highest BCUT2D eigenvalue weighted by Gasteiger charge is 2.22. The van der Waals surface area contributed by atoms with Gasteiger partial charge in [0, 0.05) is 31.9 Å². The molecule has 1 aromatic heterocycles. The van der Waals surface area contributed by atoms with Gasteiger partial charge < -0.3 is 15.5 Å². The molecule has 172 valence electrons. The Labute approximate surface area is 198 Å². The standard InChI is InChI=1S/C26H26FN7/c27-20-11-13-21(14-12-20)32-15-17-33(18-16-32)26-24(28)25(29-19-30-26)31-34(22-7-3-1-4-8-22)23-9-5-2-6-10-23/h1-14,19H,15-18,28H2,(H,29,30,31). The van der Waals surface area contributed by atoms with Crippen LogP contribution in [0.3, 0.4) is 0 Å². The molecule has 1 aliphatic heterocycles. The summed E-state index contributed by atoms with van der Waals surface area (Å²) in [5.41, 5.74) is 13.4. The molecule has 0 aliphatic carbocycles. The van der Waals surface area contributed by atoms with Crippen LogP contribution in [-0.4, -0.2) is 36.1 Å². The Hall–Kier alpha value is -4.33. The van der Waals surface area contributed by atoms with E-state index in [-0.39, 0.29) is 5.82 Å². The number of rotatable bonds is 6. The van der Waals surface area contributed by atoms with Gasteiger partial charge in [-0.1, -0.05) is 36.4 Å². The number of nitrogens with one attached hydrogen (secondary N) is 1. The first kappa shape index (κ1) is 21.5. The van der Waals surface area contributed by atoms with Gasteiger partial charge in [-0.05, 0) is 48.5 Å². The Balaban J connectivity index is 1.35. The van der Waals surface area contributed by atoms with Crippen LogP contribution in [0, 0.1) is 5.82 Å². The van der Waals surface area contributed by atoms with Gasteiger partial charge in [0.25, 0.3) is 0 Å². The molecule has 7 nitrogen and oxygen atoms in total. The van der Waals surface area contributed by atoms with Gasteiger partial charge in [0.05, 0.1) is 11.4 Å². The Bertz CT molecular complexity index is 1170. The van der Waals surface area contributed by atoms with Gasteiger partial charge in [-0.25, -0.2) is 14.4 Å². The summed E-state index contributed by atoms with van der Waals surface area (Å²) in [6.07, 6.45) is 1.54. The van der Waals surface area contributed by atoms with Gasteiger partial charge in [0.15, 0.2) is 11.6 Å². The zero-order valence-corrected chi connectivity index (χ0v) is 18.7. The molecule has 1 aliphatic rings. The quantitative estimate of drug-likeness (QED) is 0.409. The fourth-order valence-corrected chi connectivity index (χ4v) is 4.09. The number of benzene rings is 3. The molecule has 3 N–H and O–H groups in total. The van der Waals surface area contributed by atoms with E-state index in [9.17, 15) is 4.39 Å². The molecule has 0 bridgehead atoms. The predicted molar refractivity (Wildman–Crippen MR) is 136 cm³/mol. The average molecular weight is 456 g/mol. The Morgan fingerprint density at radius 3 is 1.88 bits per heavy atom. The number of nitrogens with zero attached hydrogens (tertiary/aromatic N) is 5. The van der Waals surface area contributed by atoms with Crippen molar-refractivity contribution in [3.63, 3.8) is 0 Å². The molecule has 0 saturated carbocycles. The van der Waals surface area contributed by atoms with Crippen molar-refractivity contribution >= 4 is 34.4 Å². The lowest BCUT2D eigenvalue weighted by Crippen LogP contribution is -2.47. The molecular weight excluding hydrogens is 429 g/mol. The average Bonchev–Trinajstić information content (AvgIpc) is 2.90. The van der Waals surface area contributed by atoms with Gasteiger partial charge in [-0.15, -0.1) is 0 Å². The molecule has 4 aromatic rings. The molecule has 0 atom stereocenters. The molecule has 34 heavy (non-hydrogen) atoms. The first-order valence-electron chi connectivity index (χ1n) is 11.2. The second kappa shape index (κ2) is 9.66.